The Morgan fingerprint density at radius 1 is 1.25 bits per heavy atom. The lowest BCUT2D eigenvalue weighted by atomic mass is 10.2. The first-order chi connectivity index (χ1) is 9.49. The predicted octanol–water partition coefficient (Wildman–Crippen LogP) is 2.74. The van der Waals surface area contributed by atoms with E-state index in [-0.39, 0.29) is 12.6 Å². The zero-order valence-electron chi connectivity index (χ0n) is 12.3. The number of amides is 2. The number of carboxylic acid groups (broad SMARTS) is 1. The molecule has 0 radical (unpaired) electrons. The molecule has 0 unspecified atom stereocenters. The lowest BCUT2D eigenvalue weighted by Crippen LogP contribution is -2.45. The van der Waals surface area contributed by atoms with Crippen LogP contribution in [0.4, 0.5) is 10.5 Å². The SMILES string of the molecule is CCCN(CC(=O)O)C(=O)N(CC)c1cccc(C)c1. The first kappa shape index (κ1) is 16.0. The van der Waals surface area contributed by atoms with Gasteiger partial charge in [-0.25, -0.2) is 4.79 Å². The Labute approximate surface area is 119 Å². The van der Waals surface area contributed by atoms with Crippen molar-refractivity contribution in [2.24, 2.45) is 0 Å². The highest BCUT2D eigenvalue weighted by Gasteiger charge is 2.22. The van der Waals surface area contributed by atoms with E-state index in [4.69, 9.17) is 5.11 Å². The summed E-state index contributed by atoms with van der Waals surface area (Å²) >= 11 is 0. The van der Waals surface area contributed by atoms with Crippen LogP contribution in [0.15, 0.2) is 24.3 Å². The second kappa shape index (κ2) is 7.53. The van der Waals surface area contributed by atoms with Gasteiger partial charge in [-0.2, -0.15) is 0 Å². The average molecular weight is 278 g/mol. The molecule has 0 heterocycles. The molecule has 1 rings (SSSR count). The van der Waals surface area contributed by atoms with Crippen molar-refractivity contribution in [3.8, 4) is 0 Å². The Morgan fingerprint density at radius 3 is 2.45 bits per heavy atom. The molecular formula is C15H22N2O3. The van der Waals surface area contributed by atoms with Crippen LogP contribution in [0.25, 0.3) is 0 Å². The number of urea groups is 1. The number of benzene rings is 1. The zero-order valence-corrected chi connectivity index (χ0v) is 12.3. The van der Waals surface area contributed by atoms with Gasteiger partial charge < -0.3 is 10.0 Å². The van der Waals surface area contributed by atoms with Gasteiger partial charge in [0.1, 0.15) is 6.54 Å². The third kappa shape index (κ3) is 4.26. The van der Waals surface area contributed by atoms with E-state index in [0.717, 1.165) is 17.7 Å². The van der Waals surface area contributed by atoms with Crippen LogP contribution in [0, 0.1) is 6.92 Å². The molecule has 0 fully saturated rings. The third-order valence-electron chi connectivity index (χ3n) is 2.95. The van der Waals surface area contributed by atoms with Gasteiger partial charge >= 0.3 is 12.0 Å². The first-order valence-corrected chi connectivity index (χ1v) is 6.84. The minimum atomic E-state index is -0.993. The van der Waals surface area contributed by atoms with Crippen LogP contribution in [-0.4, -0.2) is 41.6 Å². The van der Waals surface area contributed by atoms with E-state index in [0.29, 0.717) is 13.1 Å². The summed E-state index contributed by atoms with van der Waals surface area (Å²) in [5.41, 5.74) is 1.86. The lowest BCUT2D eigenvalue weighted by molar-refractivity contribution is -0.137. The van der Waals surface area contributed by atoms with Gasteiger partial charge in [0.05, 0.1) is 0 Å². The third-order valence-corrected chi connectivity index (χ3v) is 2.95. The van der Waals surface area contributed by atoms with Gasteiger partial charge in [0.25, 0.3) is 0 Å². The molecule has 0 spiro atoms. The molecule has 1 N–H and O–H groups in total. The minimum absolute atomic E-state index is 0.262. The molecule has 5 nitrogen and oxygen atoms in total. The Balaban J connectivity index is 2.96. The molecule has 0 aliphatic rings. The summed E-state index contributed by atoms with van der Waals surface area (Å²) in [4.78, 5) is 26.4. The number of hydrogen-bond donors (Lipinski definition) is 1. The fourth-order valence-electron chi connectivity index (χ4n) is 2.07. The van der Waals surface area contributed by atoms with Crippen molar-refractivity contribution in [2.45, 2.75) is 27.2 Å². The molecule has 0 atom stereocenters. The second-order valence-corrected chi connectivity index (χ2v) is 4.68. The highest BCUT2D eigenvalue weighted by atomic mass is 16.4. The topological polar surface area (TPSA) is 60.9 Å². The predicted molar refractivity (Wildman–Crippen MR) is 79.1 cm³/mol. The minimum Gasteiger partial charge on any atom is -0.480 e. The summed E-state index contributed by atoms with van der Waals surface area (Å²) in [6, 6.07) is 7.37. The number of aliphatic carboxylic acids is 1. The van der Waals surface area contributed by atoms with E-state index >= 15 is 0 Å². The molecule has 0 saturated heterocycles. The molecule has 110 valence electrons. The maximum atomic E-state index is 12.5. The number of carboxylic acids is 1. The molecule has 1 aromatic carbocycles. The van der Waals surface area contributed by atoms with Crippen molar-refractivity contribution in [3.05, 3.63) is 29.8 Å². The summed E-state index contributed by atoms with van der Waals surface area (Å²) in [5.74, 6) is -0.993. The van der Waals surface area contributed by atoms with Crippen LogP contribution < -0.4 is 4.90 Å². The molecule has 0 bridgehead atoms. The molecule has 0 aromatic heterocycles. The van der Waals surface area contributed by atoms with Gasteiger partial charge in [-0.15, -0.1) is 0 Å². The summed E-state index contributed by atoms with van der Waals surface area (Å²) in [7, 11) is 0. The van der Waals surface area contributed by atoms with Gasteiger partial charge in [0.2, 0.25) is 0 Å². The monoisotopic (exact) mass is 278 g/mol. The Kier molecular flexibility index (Phi) is 6.03. The lowest BCUT2D eigenvalue weighted by Gasteiger charge is -2.29. The molecular weight excluding hydrogens is 256 g/mol. The number of nitrogens with zero attached hydrogens (tertiary/aromatic N) is 2. The smallest absolute Gasteiger partial charge is 0.324 e. The van der Waals surface area contributed by atoms with Crippen molar-refractivity contribution in [1.29, 1.82) is 0 Å². The van der Waals surface area contributed by atoms with Gasteiger partial charge in [0.15, 0.2) is 0 Å². The summed E-state index contributed by atoms with van der Waals surface area (Å²) in [6.45, 7) is 6.43. The van der Waals surface area contributed by atoms with Crippen molar-refractivity contribution in [2.75, 3.05) is 24.5 Å². The summed E-state index contributed by atoms with van der Waals surface area (Å²) in [6.07, 6.45) is 0.727. The highest BCUT2D eigenvalue weighted by Crippen LogP contribution is 2.17. The van der Waals surface area contributed by atoms with Crippen LogP contribution in [0.2, 0.25) is 0 Å². The quantitative estimate of drug-likeness (QED) is 0.870. The first-order valence-electron chi connectivity index (χ1n) is 6.84. The van der Waals surface area contributed by atoms with Crippen LogP contribution in [0.1, 0.15) is 25.8 Å². The molecule has 0 aliphatic heterocycles. The number of carbonyl (C=O) groups excluding carboxylic acids is 1. The van der Waals surface area contributed by atoms with E-state index in [1.807, 2.05) is 45.0 Å². The fourth-order valence-corrected chi connectivity index (χ4v) is 2.07. The van der Waals surface area contributed by atoms with E-state index in [2.05, 4.69) is 0 Å². The van der Waals surface area contributed by atoms with Crippen LogP contribution in [0.5, 0.6) is 0 Å². The van der Waals surface area contributed by atoms with Crippen molar-refractivity contribution in [3.63, 3.8) is 0 Å². The highest BCUT2D eigenvalue weighted by molar-refractivity contribution is 5.93. The van der Waals surface area contributed by atoms with Crippen molar-refractivity contribution in [1.82, 2.24) is 4.90 Å². The molecule has 0 aliphatic carbocycles. The van der Waals surface area contributed by atoms with E-state index < -0.39 is 5.97 Å². The summed E-state index contributed by atoms with van der Waals surface area (Å²) in [5, 5.41) is 8.92. The van der Waals surface area contributed by atoms with E-state index in [1.54, 1.807) is 4.90 Å². The fraction of sp³-hybridized carbons (Fsp3) is 0.467. The van der Waals surface area contributed by atoms with Gasteiger partial charge in [-0.3, -0.25) is 9.69 Å². The van der Waals surface area contributed by atoms with Gasteiger partial charge in [-0.05, 0) is 38.0 Å². The molecule has 0 saturated carbocycles. The maximum absolute atomic E-state index is 12.5. The largest absolute Gasteiger partial charge is 0.480 e. The second-order valence-electron chi connectivity index (χ2n) is 4.68. The van der Waals surface area contributed by atoms with E-state index in [9.17, 15) is 9.59 Å². The number of rotatable bonds is 6. The number of aryl methyl sites for hydroxylation is 1. The van der Waals surface area contributed by atoms with Gasteiger partial charge in [-0.1, -0.05) is 19.1 Å². The zero-order chi connectivity index (χ0) is 15.1. The maximum Gasteiger partial charge on any atom is 0.324 e. The number of carbonyl (C=O) groups is 2. The Morgan fingerprint density at radius 2 is 1.95 bits per heavy atom. The van der Waals surface area contributed by atoms with Gasteiger partial charge in [0, 0.05) is 18.8 Å². The molecule has 20 heavy (non-hydrogen) atoms. The van der Waals surface area contributed by atoms with E-state index in [1.165, 1.54) is 4.90 Å². The van der Waals surface area contributed by atoms with Crippen molar-refractivity contribution >= 4 is 17.7 Å². The van der Waals surface area contributed by atoms with Crippen LogP contribution >= 0.6 is 0 Å². The molecule has 1 aromatic rings. The standard InChI is InChI=1S/C15H22N2O3/c1-4-9-16(11-14(18)19)15(20)17(5-2)13-8-6-7-12(3)10-13/h6-8,10H,4-5,9,11H2,1-3H3,(H,18,19). The van der Waals surface area contributed by atoms with Crippen LogP contribution in [0.3, 0.4) is 0 Å². The van der Waals surface area contributed by atoms with Crippen molar-refractivity contribution < 1.29 is 14.7 Å². The van der Waals surface area contributed by atoms with Crippen LogP contribution in [-0.2, 0) is 4.79 Å². The molecule has 2 amide bonds. The Hall–Kier alpha value is -2.04. The summed E-state index contributed by atoms with van der Waals surface area (Å²) < 4.78 is 0. The normalized spacial score (nSPS) is 10.2. The Bertz CT molecular complexity index is 474. The molecule has 5 heteroatoms. The number of anilines is 1. The average Bonchev–Trinajstić information content (AvgIpc) is 2.38. The number of hydrogen-bond acceptors (Lipinski definition) is 2.